The number of nitrogens with zero attached hydrogens (tertiary/aromatic N) is 1. The van der Waals surface area contributed by atoms with Crippen LogP contribution in [-0.4, -0.2) is 18.0 Å². The third-order valence-electron chi connectivity index (χ3n) is 3.82. The van der Waals surface area contributed by atoms with Crippen LogP contribution in [-0.2, 0) is 0 Å². The number of para-hydroxylation sites is 2. The molecule has 0 saturated heterocycles. The molecule has 1 amide bonds. The first-order valence-electron chi connectivity index (χ1n) is 8.00. The largest absolute Gasteiger partial charge is 0.495 e. The van der Waals surface area contributed by atoms with Gasteiger partial charge in [-0.2, -0.15) is 0 Å². The molecule has 6 heteroatoms. The van der Waals surface area contributed by atoms with Crippen molar-refractivity contribution in [1.29, 1.82) is 0 Å². The third-order valence-corrected chi connectivity index (χ3v) is 4.05. The molecule has 0 saturated carbocycles. The van der Waals surface area contributed by atoms with Crippen LogP contribution < -0.4 is 15.4 Å². The highest BCUT2D eigenvalue weighted by Gasteiger charge is 2.11. The topological polar surface area (TPSA) is 63.2 Å². The van der Waals surface area contributed by atoms with Gasteiger partial charge in [0.15, 0.2) is 0 Å². The van der Waals surface area contributed by atoms with Crippen molar-refractivity contribution < 1.29 is 9.53 Å². The van der Waals surface area contributed by atoms with Crippen LogP contribution in [0.1, 0.15) is 16.1 Å². The van der Waals surface area contributed by atoms with E-state index in [4.69, 9.17) is 16.3 Å². The number of aryl methyl sites for hydroxylation is 1. The molecule has 3 aromatic rings. The standard InChI is InChI=1S/C20H18ClN3O2/c1-13-11-14(21)7-8-16(13)24-20(25)18-12-15(9-10-22-18)23-17-5-3-4-6-19(17)26-2/h3-12H,1-2H3,(H,22,23)(H,24,25). The molecule has 0 aliphatic carbocycles. The number of amides is 1. The van der Waals surface area contributed by atoms with Crippen LogP contribution in [0.25, 0.3) is 0 Å². The predicted octanol–water partition coefficient (Wildman–Crippen LogP) is 5.05. The van der Waals surface area contributed by atoms with Gasteiger partial charge < -0.3 is 15.4 Å². The molecule has 3 rings (SSSR count). The monoisotopic (exact) mass is 367 g/mol. The first-order chi connectivity index (χ1) is 12.6. The molecule has 132 valence electrons. The molecule has 0 radical (unpaired) electrons. The Kier molecular flexibility index (Phi) is 5.39. The van der Waals surface area contributed by atoms with Gasteiger partial charge in [0, 0.05) is 22.6 Å². The summed E-state index contributed by atoms with van der Waals surface area (Å²) in [6, 6.07) is 16.3. The molecule has 0 spiro atoms. The highest BCUT2D eigenvalue weighted by molar-refractivity contribution is 6.30. The Morgan fingerprint density at radius 2 is 1.88 bits per heavy atom. The summed E-state index contributed by atoms with van der Waals surface area (Å²) in [4.78, 5) is 16.7. The molecule has 0 unspecified atom stereocenters. The number of nitrogens with one attached hydrogen (secondary N) is 2. The van der Waals surface area contributed by atoms with Crippen molar-refractivity contribution in [3.63, 3.8) is 0 Å². The number of hydrogen-bond acceptors (Lipinski definition) is 4. The van der Waals surface area contributed by atoms with Gasteiger partial charge in [0.1, 0.15) is 11.4 Å². The molecule has 0 aliphatic rings. The summed E-state index contributed by atoms with van der Waals surface area (Å²) in [7, 11) is 1.61. The summed E-state index contributed by atoms with van der Waals surface area (Å²) in [6.07, 6.45) is 1.58. The van der Waals surface area contributed by atoms with E-state index in [-0.39, 0.29) is 5.91 Å². The predicted molar refractivity (Wildman–Crippen MR) is 105 cm³/mol. The zero-order valence-corrected chi connectivity index (χ0v) is 15.2. The molecule has 1 aromatic heterocycles. The van der Waals surface area contributed by atoms with Crippen molar-refractivity contribution in [2.24, 2.45) is 0 Å². The van der Waals surface area contributed by atoms with Crippen LogP contribution in [0.4, 0.5) is 17.1 Å². The van der Waals surface area contributed by atoms with Crippen LogP contribution in [0, 0.1) is 6.92 Å². The Labute approximate surface area is 157 Å². The van der Waals surface area contributed by atoms with E-state index < -0.39 is 0 Å². The van der Waals surface area contributed by atoms with E-state index in [1.807, 2.05) is 31.2 Å². The van der Waals surface area contributed by atoms with Gasteiger partial charge in [0.05, 0.1) is 12.8 Å². The number of benzene rings is 2. The van der Waals surface area contributed by atoms with E-state index in [0.29, 0.717) is 22.2 Å². The zero-order chi connectivity index (χ0) is 18.5. The lowest BCUT2D eigenvalue weighted by atomic mass is 10.2. The molecule has 2 N–H and O–H groups in total. The van der Waals surface area contributed by atoms with Gasteiger partial charge in [0.25, 0.3) is 5.91 Å². The summed E-state index contributed by atoms with van der Waals surface area (Å²) >= 11 is 5.95. The second-order valence-electron chi connectivity index (χ2n) is 5.67. The molecule has 1 heterocycles. The van der Waals surface area contributed by atoms with Gasteiger partial charge in [-0.3, -0.25) is 9.78 Å². The number of aromatic nitrogens is 1. The quantitative estimate of drug-likeness (QED) is 0.662. The highest BCUT2D eigenvalue weighted by Crippen LogP contribution is 2.27. The van der Waals surface area contributed by atoms with E-state index in [2.05, 4.69) is 15.6 Å². The summed E-state index contributed by atoms with van der Waals surface area (Å²) < 4.78 is 5.33. The number of halogens is 1. The normalized spacial score (nSPS) is 10.3. The fourth-order valence-corrected chi connectivity index (χ4v) is 2.72. The molecule has 26 heavy (non-hydrogen) atoms. The van der Waals surface area contributed by atoms with E-state index >= 15 is 0 Å². The van der Waals surface area contributed by atoms with Crippen LogP contribution in [0.5, 0.6) is 5.75 Å². The number of carbonyl (C=O) groups is 1. The number of hydrogen-bond donors (Lipinski definition) is 2. The summed E-state index contributed by atoms with van der Waals surface area (Å²) in [5.41, 5.74) is 3.43. The summed E-state index contributed by atoms with van der Waals surface area (Å²) in [5, 5.41) is 6.72. The number of carbonyl (C=O) groups excluding carboxylic acids is 1. The summed E-state index contributed by atoms with van der Waals surface area (Å²) in [5.74, 6) is 0.422. The average Bonchev–Trinajstić information content (AvgIpc) is 2.64. The Balaban J connectivity index is 1.79. The van der Waals surface area contributed by atoms with Gasteiger partial charge in [0.2, 0.25) is 0 Å². The van der Waals surface area contributed by atoms with Gasteiger partial charge in [-0.05, 0) is 55.0 Å². The lowest BCUT2D eigenvalue weighted by Gasteiger charge is -2.12. The van der Waals surface area contributed by atoms with E-state index in [0.717, 1.165) is 16.9 Å². The van der Waals surface area contributed by atoms with Crippen LogP contribution in [0.15, 0.2) is 60.8 Å². The third kappa shape index (κ3) is 4.13. The fraction of sp³-hybridized carbons (Fsp3) is 0.100. The molecular weight excluding hydrogens is 350 g/mol. The minimum atomic E-state index is -0.293. The smallest absolute Gasteiger partial charge is 0.274 e. The van der Waals surface area contributed by atoms with Gasteiger partial charge in [-0.25, -0.2) is 0 Å². The Morgan fingerprint density at radius 3 is 2.65 bits per heavy atom. The SMILES string of the molecule is COc1ccccc1Nc1ccnc(C(=O)Nc2ccc(Cl)cc2C)c1. The number of rotatable bonds is 5. The van der Waals surface area contributed by atoms with Crippen molar-refractivity contribution in [3.8, 4) is 5.75 Å². The second-order valence-corrected chi connectivity index (χ2v) is 6.10. The lowest BCUT2D eigenvalue weighted by molar-refractivity contribution is 0.102. The molecule has 0 bridgehead atoms. The van der Waals surface area contributed by atoms with Gasteiger partial charge >= 0.3 is 0 Å². The number of ether oxygens (including phenoxy) is 1. The minimum absolute atomic E-state index is 0.293. The Hall–Kier alpha value is -3.05. The molecular formula is C20H18ClN3O2. The van der Waals surface area contributed by atoms with Crippen molar-refractivity contribution >= 4 is 34.6 Å². The van der Waals surface area contributed by atoms with Crippen LogP contribution >= 0.6 is 11.6 Å². The molecule has 0 atom stereocenters. The maximum absolute atomic E-state index is 12.5. The zero-order valence-electron chi connectivity index (χ0n) is 14.4. The maximum Gasteiger partial charge on any atom is 0.274 e. The van der Waals surface area contributed by atoms with Crippen molar-refractivity contribution in [2.75, 3.05) is 17.7 Å². The van der Waals surface area contributed by atoms with Gasteiger partial charge in [-0.15, -0.1) is 0 Å². The van der Waals surface area contributed by atoms with E-state index in [1.54, 1.807) is 43.6 Å². The van der Waals surface area contributed by atoms with Crippen LogP contribution in [0.3, 0.4) is 0 Å². The first-order valence-corrected chi connectivity index (χ1v) is 8.38. The molecule has 0 fully saturated rings. The maximum atomic E-state index is 12.5. The van der Waals surface area contributed by atoms with E-state index in [1.165, 1.54) is 0 Å². The summed E-state index contributed by atoms with van der Waals surface area (Å²) in [6.45, 7) is 1.88. The number of pyridine rings is 1. The van der Waals surface area contributed by atoms with Crippen molar-refractivity contribution in [2.45, 2.75) is 6.92 Å². The number of anilines is 3. The van der Waals surface area contributed by atoms with Gasteiger partial charge in [-0.1, -0.05) is 23.7 Å². The lowest BCUT2D eigenvalue weighted by Crippen LogP contribution is -2.14. The Bertz CT molecular complexity index is 944. The molecule has 0 aliphatic heterocycles. The fourth-order valence-electron chi connectivity index (χ4n) is 2.49. The first kappa shape index (κ1) is 17.8. The number of methoxy groups -OCH3 is 1. The molecule has 5 nitrogen and oxygen atoms in total. The van der Waals surface area contributed by atoms with Crippen molar-refractivity contribution in [1.82, 2.24) is 4.98 Å². The second kappa shape index (κ2) is 7.89. The Morgan fingerprint density at radius 1 is 1.08 bits per heavy atom. The van der Waals surface area contributed by atoms with E-state index in [9.17, 15) is 4.79 Å². The van der Waals surface area contributed by atoms with Crippen molar-refractivity contribution in [3.05, 3.63) is 77.1 Å². The average molecular weight is 368 g/mol. The molecule has 2 aromatic carbocycles. The minimum Gasteiger partial charge on any atom is -0.495 e. The highest BCUT2D eigenvalue weighted by atomic mass is 35.5. The van der Waals surface area contributed by atoms with Crippen LogP contribution in [0.2, 0.25) is 5.02 Å².